The molecule has 0 aliphatic carbocycles. The second kappa shape index (κ2) is 7.56. The average molecular weight is 411 g/mol. The van der Waals surface area contributed by atoms with Crippen molar-refractivity contribution in [1.29, 1.82) is 0 Å². The molecule has 1 aliphatic rings. The highest BCUT2D eigenvalue weighted by molar-refractivity contribution is 7.92. The number of sulfone groups is 1. The van der Waals surface area contributed by atoms with Crippen LogP contribution in [0.2, 0.25) is 5.02 Å². The van der Waals surface area contributed by atoms with Crippen LogP contribution < -0.4 is 0 Å². The van der Waals surface area contributed by atoms with Crippen LogP contribution in [0.1, 0.15) is 26.2 Å². The minimum atomic E-state index is -4.07. The monoisotopic (exact) mass is 410 g/mol. The molecule has 25 heavy (non-hydrogen) atoms. The zero-order valence-corrected chi connectivity index (χ0v) is 16.0. The van der Waals surface area contributed by atoms with E-state index in [2.05, 4.69) is 0 Å². The van der Waals surface area contributed by atoms with E-state index in [4.69, 9.17) is 11.6 Å². The topological polar surface area (TPSA) is 115 Å². The first kappa shape index (κ1) is 20.1. The zero-order valence-electron chi connectivity index (χ0n) is 13.6. The first-order chi connectivity index (χ1) is 11.6. The van der Waals surface area contributed by atoms with Crippen LogP contribution >= 0.6 is 11.6 Å². The Morgan fingerprint density at radius 1 is 1.40 bits per heavy atom. The number of nitro groups is 1. The number of sulfonamides is 1. The number of rotatable bonds is 7. The van der Waals surface area contributed by atoms with Gasteiger partial charge >= 0.3 is 0 Å². The van der Waals surface area contributed by atoms with E-state index in [0.717, 1.165) is 22.9 Å². The average Bonchev–Trinajstić information content (AvgIpc) is 2.87. The summed E-state index contributed by atoms with van der Waals surface area (Å²) in [5.41, 5.74) is -0.503. The van der Waals surface area contributed by atoms with Crippen molar-refractivity contribution in [2.75, 3.05) is 18.1 Å². The zero-order chi connectivity index (χ0) is 18.8. The van der Waals surface area contributed by atoms with Crippen LogP contribution in [0.3, 0.4) is 0 Å². The van der Waals surface area contributed by atoms with Crippen LogP contribution in [0.25, 0.3) is 0 Å². The van der Waals surface area contributed by atoms with Gasteiger partial charge in [0.25, 0.3) is 5.69 Å². The van der Waals surface area contributed by atoms with Crippen LogP contribution in [0.4, 0.5) is 5.69 Å². The van der Waals surface area contributed by atoms with Crippen LogP contribution in [0.15, 0.2) is 23.1 Å². The number of unbranched alkanes of at least 4 members (excludes halogenated alkanes) is 1. The smallest absolute Gasteiger partial charge is 0.258 e. The van der Waals surface area contributed by atoms with E-state index in [-0.39, 0.29) is 34.4 Å². The molecule has 0 bridgehead atoms. The molecule has 0 amide bonds. The third kappa shape index (κ3) is 4.49. The molecule has 2 rings (SSSR count). The van der Waals surface area contributed by atoms with Gasteiger partial charge in [-0.05, 0) is 25.0 Å². The molecule has 0 N–H and O–H groups in total. The van der Waals surface area contributed by atoms with Crippen molar-refractivity contribution in [2.45, 2.75) is 37.1 Å². The van der Waals surface area contributed by atoms with Crippen molar-refractivity contribution in [1.82, 2.24) is 4.31 Å². The fraction of sp³-hybridized carbons (Fsp3) is 0.571. The Hall–Kier alpha value is -1.23. The predicted molar refractivity (Wildman–Crippen MR) is 94.0 cm³/mol. The number of halogens is 1. The first-order valence-electron chi connectivity index (χ1n) is 7.74. The van der Waals surface area contributed by atoms with Gasteiger partial charge in [-0.1, -0.05) is 24.9 Å². The van der Waals surface area contributed by atoms with Gasteiger partial charge in [0.1, 0.15) is 5.02 Å². The van der Waals surface area contributed by atoms with Crippen LogP contribution in [0.5, 0.6) is 0 Å². The Morgan fingerprint density at radius 2 is 2.08 bits per heavy atom. The summed E-state index contributed by atoms with van der Waals surface area (Å²) in [6.07, 6.45) is 1.51. The van der Waals surface area contributed by atoms with Gasteiger partial charge in [-0.15, -0.1) is 0 Å². The lowest BCUT2D eigenvalue weighted by molar-refractivity contribution is -0.384. The van der Waals surface area contributed by atoms with Gasteiger partial charge in [-0.2, -0.15) is 4.31 Å². The Labute approximate surface area is 151 Å². The van der Waals surface area contributed by atoms with Crippen LogP contribution in [-0.2, 0) is 19.9 Å². The minimum Gasteiger partial charge on any atom is -0.258 e. The van der Waals surface area contributed by atoms with E-state index in [1.54, 1.807) is 0 Å². The maximum Gasteiger partial charge on any atom is 0.289 e. The molecule has 11 heteroatoms. The molecule has 0 unspecified atom stereocenters. The number of hydrogen-bond acceptors (Lipinski definition) is 6. The predicted octanol–water partition coefficient (Wildman–Crippen LogP) is 2.23. The van der Waals surface area contributed by atoms with Gasteiger partial charge < -0.3 is 0 Å². The summed E-state index contributed by atoms with van der Waals surface area (Å²) in [7, 11) is -7.35. The second-order valence-electron chi connectivity index (χ2n) is 5.90. The number of nitro benzene ring substituents is 1. The van der Waals surface area contributed by atoms with Crippen molar-refractivity contribution in [3.63, 3.8) is 0 Å². The quantitative estimate of drug-likeness (QED) is 0.502. The molecule has 0 radical (unpaired) electrons. The van der Waals surface area contributed by atoms with E-state index in [1.807, 2.05) is 6.92 Å². The summed E-state index contributed by atoms with van der Waals surface area (Å²) in [4.78, 5) is 10.0. The van der Waals surface area contributed by atoms with E-state index >= 15 is 0 Å². The van der Waals surface area contributed by atoms with E-state index in [0.29, 0.717) is 6.42 Å². The minimum absolute atomic E-state index is 0.0590. The van der Waals surface area contributed by atoms with Gasteiger partial charge in [0.15, 0.2) is 9.84 Å². The standard InChI is InChI=1S/C14H19ClN2O6S2/c1-2-3-7-16(11-6-8-24(20,21)10-11)25(22,23)12-4-5-13(15)14(9-12)17(18)19/h4-5,9,11H,2-3,6-8,10H2,1H3/t11-/m0/s1. The molecule has 1 aromatic rings. The maximum absolute atomic E-state index is 13.0. The Bertz CT molecular complexity index is 869. The molecular weight excluding hydrogens is 392 g/mol. The molecular formula is C14H19ClN2O6S2. The molecule has 1 aromatic carbocycles. The second-order valence-corrected chi connectivity index (χ2v) is 10.4. The fourth-order valence-electron chi connectivity index (χ4n) is 2.74. The molecule has 1 saturated heterocycles. The molecule has 8 nitrogen and oxygen atoms in total. The maximum atomic E-state index is 13.0. The van der Waals surface area contributed by atoms with Gasteiger partial charge in [0.05, 0.1) is 21.3 Å². The Morgan fingerprint density at radius 3 is 2.60 bits per heavy atom. The highest BCUT2D eigenvalue weighted by Gasteiger charge is 2.39. The highest BCUT2D eigenvalue weighted by atomic mass is 35.5. The molecule has 1 fully saturated rings. The summed E-state index contributed by atoms with van der Waals surface area (Å²) < 4.78 is 50.6. The normalized spacial score (nSPS) is 20.0. The lowest BCUT2D eigenvalue weighted by Gasteiger charge is -2.27. The molecule has 1 aliphatic heterocycles. The number of hydrogen-bond donors (Lipinski definition) is 0. The fourth-order valence-corrected chi connectivity index (χ4v) is 6.47. The Balaban J connectivity index is 2.45. The molecule has 0 spiro atoms. The summed E-state index contributed by atoms with van der Waals surface area (Å²) >= 11 is 5.74. The summed E-state index contributed by atoms with van der Waals surface area (Å²) in [6, 6.07) is 2.62. The third-order valence-electron chi connectivity index (χ3n) is 4.07. The molecule has 1 atom stereocenters. The van der Waals surface area contributed by atoms with E-state index in [1.165, 1.54) is 6.07 Å². The van der Waals surface area contributed by atoms with Gasteiger partial charge in [-0.25, -0.2) is 16.8 Å². The summed E-state index contributed by atoms with van der Waals surface area (Å²) in [6.45, 7) is 2.05. The largest absolute Gasteiger partial charge is 0.289 e. The third-order valence-corrected chi connectivity index (χ3v) is 8.09. The molecule has 0 saturated carbocycles. The van der Waals surface area contributed by atoms with E-state index < -0.39 is 36.5 Å². The molecule has 1 heterocycles. The van der Waals surface area contributed by atoms with Crippen molar-refractivity contribution in [3.05, 3.63) is 33.3 Å². The van der Waals surface area contributed by atoms with Gasteiger partial charge in [0, 0.05) is 18.7 Å². The Kier molecular flexibility index (Phi) is 6.08. The number of benzene rings is 1. The van der Waals surface area contributed by atoms with Crippen molar-refractivity contribution >= 4 is 37.1 Å². The van der Waals surface area contributed by atoms with Crippen molar-refractivity contribution in [3.8, 4) is 0 Å². The van der Waals surface area contributed by atoms with Crippen molar-refractivity contribution < 1.29 is 21.8 Å². The highest BCUT2D eigenvalue weighted by Crippen LogP contribution is 2.31. The molecule has 140 valence electrons. The van der Waals surface area contributed by atoms with Gasteiger partial charge in [-0.3, -0.25) is 10.1 Å². The lowest BCUT2D eigenvalue weighted by Crippen LogP contribution is -2.41. The summed E-state index contributed by atoms with van der Waals surface area (Å²) in [5.74, 6) is -0.289. The lowest BCUT2D eigenvalue weighted by atomic mass is 10.2. The molecule has 0 aromatic heterocycles. The SMILES string of the molecule is CCCCN([C@H]1CCS(=O)(=O)C1)S(=O)(=O)c1ccc(Cl)c([N+](=O)[O-])c1. The van der Waals surface area contributed by atoms with E-state index in [9.17, 15) is 26.9 Å². The number of nitrogens with zero attached hydrogens (tertiary/aromatic N) is 2. The van der Waals surface area contributed by atoms with Crippen molar-refractivity contribution in [2.24, 2.45) is 0 Å². The van der Waals surface area contributed by atoms with Crippen LogP contribution in [0, 0.1) is 10.1 Å². The van der Waals surface area contributed by atoms with Crippen LogP contribution in [-0.4, -0.2) is 50.2 Å². The summed E-state index contributed by atoms with van der Waals surface area (Å²) in [5, 5.41) is 10.9. The van der Waals surface area contributed by atoms with Gasteiger partial charge in [0.2, 0.25) is 10.0 Å². The first-order valence-corrected chi connectivity index (χ1v) is 11.4.